The summed E-state index contributed by atoms with van der Waals surface area (Å²) in [4.78, 5) is 11.5. The van der Waals surface area contributed by atoms with Gasteiger partial charge in [-0.25, -0.2) is 0 Å². The first-order chi connectivity index (χ1) is 12.5. The molecule has 8 heteroatoms. The van der Waals surface area contributed by atoms with Crippen molar-refractivity contribution in [2.24, 2.45) is 5.73 Å². The van der Waals surface area contributed by atoms with Crippen molar-refractivity contribution in [1.82, 2.24) is 14.8 Å². The van der Waals surface area contributed by atoms with Gasteiger partial charge in [0.25, 0.3) is 0 Å². The Kier molecular flexibility index (Phi) is 5.49. The van der Waals surface area contributed by atoms with Crippen molar-refractivity contribution in [3.8, 4) is 22.8 Å². The van der Waals surface area contributed by atoms with Crippen molar-refractivity contribution in [2.45, 2.75) is 17.3 Å². The van der Waals surface area contributed by atoms with Gasteiger partial charge >= 0.3 is 0 Å². The molecule has 0 aliphatic carbocycles. The van der Waals surface area contributed by atoms with Crippen LogP contribution in [-0.2, 0) is 4.79 Å². The van der Waals surface area contributed by atoms with Crippen LogP contribution in [0.4, 0.5) is 0 Å². The Morgan fingerprint density at radius 3 is 2.38 bits per heavy atom. The van der Waals surface area contributed by atoms with Crippen LogP contribution < -0.4 is 10.5 Å². The Balaban J connectivity index is 2.10. The van der Waals surface area contributed by atoms with E-state index in [9.17, 15) is 4.79 Å². The van der Waals surface area contributed by atoms with Gasteiger partial charge in [0.15, 0.2) is 11.0 Å². The van der Waals surface area contributed by atoms with Crippen molar-refractivity contribution in [3.63, 3.8) is 0 Å². The summed E-state index contributed by atoms with van der Waals surface area (Å²) < 4.78 is 7.10. The fraction of sp³-hybridized carbons (Fsp3) is 0.167. The largest absolute Gasteiger partial charge is 0.497 e. The number of methoxy groups -OCH3 is 1. The third-order valence-corrected chi connectivity index (χ3v) is 5.06. The molecule has 1 atom stereocenters. The first kappa shape index (κ1) is 18.3. The molecule has 0 saturated carbocycles. The van der Waals surface area contributed by atoms with E-state index in [0.717, 1.165) is 17.0 Å². The lowest BCUT2D eigenvalue weighted by Crippen LogP contribution is -2.23. The molecule has 1 aromatic heterocycles. The topological polar surface area (TPSA) is 83.0 Å². The highest BCUT2D eigenvalue weighted by Crippen LogP contribution is 2.31. The molecular weight excluding hydrogens is 372 g/mol. The number of halogens is 1. The maximum absolute atomic E-state index is 11.5. The summed E-state index contributed by atoms with van der Waals surface area (Å²) in [5.74, 6) is 0.980. The van der Waals surface area contributed by atoms with Crippen LogP contribution in [0.5, 0.6) is 5.75 Å². The third-order valence-electron chi connectivity index (χ3n) is 3.75. The lowest BCUT2D eigenvalue weighted by atomic mass is 10.2. The highest BCUT2D eigenvalue weighted by molar-refractivity contribution is 8.00. The van der Waals surface area contributed by atoms with E-state index in [1.807, 2.05) is 41.0 Å². The molecule has 0 radical (unpaired) electrons. The van der Waals surface area contributed by atoms with Gasteiger partial charge in [-0.1, -0.05) is 23.4 Å². The van der Waals surface area contributed by atoms with E-state index in [1.54, 1.807) is 26.2 Å². The number of hydrogen-bond acceptors (Lipinski definition) is 5. The number of hydrogen-bond donors (Lipinski definition) is 1. The average molecular weight is 389 g/mol. The molecule has 134 valence electrons. The first-order valence-electron chi connectivity index (χ1n) is 7.81. The van der Waals surface area contributed by atoms with Crippen molar-refractivity contribution >= 4 is 29.3 Å². The number of aromatic nitrogens is 3. The molecule has 0 spiro atoms. The van der Waals surface area contributed by atoms with E-state index in [1.165, 1.54) is 11.8 Å². The summed E-state index contributed by atoms with van der Waals surface area (Å²) in [6, 6.07) is 14.9. The highest BCUT2D eigenvalue weighted by atomic mass is 35.5. The summed E-state index contributed by atoms with van der Waals surface area (Å²) in [6.07, 6.45) is 0. The molecule has 0 aliphatic heterocycles. The van der Waals surface area contributed by atoms with Crippen LogP contribution >= 0.6 is 23.4 Å². The SMILES string of the molecule is COc1ccc(-n2c(SC(C)C(N)=O)nnc2-c2ccc(Cl)cc2)cc1. The van der Waals surface area contributed by atoms with E-state index in [-0.39, 0.29) is 0 Å². The van der Waals surface area contributed by atoms with Crippen LogP contribution in [-0.4, -0.2) is 33.0 Å². The van der Waals surface area contributed by atoms with E-state index >= 15 is 0 Å². The maximum atomic E-state index is 11.5. The molecule has 2 aromatic carbocycles. The normalized spacial score (nSPS) is 12.0. The standard InChI is InChI=1S/C18H17ClN4O2S/c1-11(16(20)24)26-18-22-21-17(12-3-5-13(19)6-4-12)23(18)14-7-9-15(25-2)10-8-14/h3-11H,1-2H3,(H2,20,24). The third kappa shape index (κ3) is 3.84. The van der Waals surface area contributed by atoms with Gasteiger partial charge in [0.1, 0.15) is 5.75 Å². The van der Waals surface area contributed by atoms with Gasteiger partial charge in [0.05, 0.1) is 12.4 Å². The van der Waals surface area contributed by atoms with Crippen molar-refractivity contribution in [1.29, 1.82) is 0 Å². The number of benzene rings is 2. The molecular formula is C18H17ClN4O2S. The zero-order valence-electron chi connectivity index (χ0n) is 14.2. The van der Waals surface area contributed by atoms with Crippen molar-refractivity contribution < 1.29 is 9.53 Å². The minimum atomic E-state index is -0.436. The number of nitrogens with zero attached hydrogens (tertiary/aromatic N) is 3. The molecule has 1 heterocycles. The molecule has 3 aromatic rings. The Morgan fingerprint density at radius 2 is 1.81 bits per heavy atom. The van der Waals surface area contributed by atoms with Crippen molar-refractivity contribution in [3.05, 3.63) is 53.6 Å². The molecule has 0 bridgehead atoms. The maximum Gasteiger partial charge on any atom is 0.230 e. The van der Waals surface area contributed by atoms with Crippen LogP contribution in [0.2, 0.25) is 5.02 Å². The molecule has 1 unspecified atom stereocenters. The molecule has 2 N–H and O–H groups in total. The summed E-state index contributed by atoms with van der Waals surface area (Å²) in [5.41, 5.74) is 7.10. The van der Waals surface area contributed by atoms with Crippen LogP contribution in [0.3, 0.4) is 0 Å². The summed E-state index contributed by atoms with van der Waals surface area (Å²) in [5, 5.41) is 9.35. The average Bonchev–Trinajstić information content (AvgIpc) is 3.05. The number of rotatable bonds is 6. The van der Waals surface area contributed by atoms with Gasteiger partial charge in [0, 0.05) is 16.3 Å². The van der Waals surface area contributed by atoms with E-state index in [0.29, 0.717) is 16.0 Å². The molecule has 26 heavy (non-hydrogen) atoms. The predicted octanol–water partition coefficient (Wildman–Crippen LogP) is 3.56. The van der Waals surface area contributed by atoms with Gasteiger partial charge in [-0.15, -0.1) is 10.2 Å². The minimum absolute atomic E-state index is 0.410. The fourth-order valence-electron chi connectivity index (χ4n) is 2.31. The van der Waals surface area contributed by atoms with Crippen LogP contribution in [0, 0.1) is 0 Å². The molecule has 0 aliphatic rings. The second-order valence-corrected chi connectivity index (χ2v) is 7.25. The second-order valence-electron chi connectivity index (χ2n) is 5.51. The predicted molar refractivity (Wildman–Crippen MR) is 103 cm³/mol. The molecule has 3 rings (SSSR count). The number of amides is 1. The van der Waals surface area contributed by atoms with Crippen molar-refractivity contribution in [2.75, 3.05) is 7.11 Å². The quantitative estimate of drug-likeness (QED) is 0.653. The number of primary amides is 1. The Labute approximate surface area is 160 Å². The fourth-order valence-corrected chi connectivity index (χ4v) is 3.26. The Bertz CT molecular complexity index is 910. The van der Waals surface area contributed by atoms with Crippen LogP contribution in [0.25, 0.3) is 17.1 Å². The number of nitrogens with two attached hydrogens (primary N) is 1. The summed E-state index contributed by atoms with van der Waals surface area (Å²) in [7, 11) is 1.61. The molecule has 1 amide bonds. The first-order valence-corrected chi connectivity index (χ1v) is 9.07. The lowest BCUT2D eigenvalue weighted by Gasteiger charge is -2.12. The van der Waals surface area contributed by atoms with E-state index in [4.69, 9.17) is 22.1 Å². The van der Waals surface area contributed by atoms with Crippen LogP contribution in [0.1, 0.15) is 6.92 Å². The van der Waals surface area contributed by atoms with Gasteiger partial charge in [-0.3, -0.25) is 9.36 Å². The lowest BCUT2D eigenvalue weighted by molar-refractivity contribution is -0.117. The Morgan fingerprint density at radius 1 is 1.15 bits per heavy atom. The molecule has 6 nitrogen and oxygen atoms in total. The van der Waals surface area contributed by atoms with Crippen LogP contribution in [0.15, 0.2) is 53.7 Å². The van der Waals surface area contributed by atoms with E-state index < -0.39 is 11.2 Å². The number of carbonyl (C=O) groups excluding carboxylic acids is 1. The number of carbonyl (C=O) groups is 1. The van der Waals surface area contributed by atoms with E-state index in [2.05, 4.69) is 10.2 Å². The number of ether oxygens (including phenoxy) is 1. The minimum Gasteiger partial charge on any atom is -0.497 e. The molecule has 0 fully saturated rings. The zero-order chi connectivity index (χ0) is 18.7. The highest BCUT2D eigenvalue weighted by Gasteiger charge is 2.20. The van der Waals surface area contributed by atoms with Gasteiger partial charge in [0.2, 0.25) is 5.91 Å². The smallest absolute Gasteiger partial charge is 0.230 e. The second kappa shape index (κ2) is 7.80. The van der Waals surface area contributed by atoms with Gasteiger partial charge in [-0.2, -0.15) is 0 Å². The summed E-state index contributed by atoms with van der Waals surface area (Å²) in [6.45, 7) is 1.74. The monoisotopic (exact) mass is 388 g/mol. The molecule has 0 saturated heterocycles. The van der Waals surface area contributed by atoms with Gasteiger partial charge in [-0.05, 0) is 55.5 Å². The summed E-state index contributed by atoms with van der Waals surface area (Å²) >= 11 is 7.25. The number of thioether (sulfide) groups is 1. The van der Waals surface area contributed by atoms with Gasteiger partial charge < -0.3 is 10.5 Å². The zero-order valence-corrected chi connectivity index (χ0v) is 15.8. The Hall–Kier alpha value is -2.51.